The third kappa shape index (κ3) is 2.99. The number of nitro groups is 1. The number of pyridine rings is 1. The molecule has 8 nitrogen and oxygen atoms in total. The van der Waals surface area contributed by atoms with E-state index in [4.69, 9.17) is 10.4 Å². The molecule has 2 N–H and O–H groups in total. The minimum Gasteiger partial charge on any atom is -0.478 e. The van der Waals surface area contributed by atoms with Crippen LogP contribution >= 0.6 is 0 Å². The maximum absolute atomic E-state index is 11.1. The van der Waals surface area contributed by atoms with Crippen LogP contribution in [0.1, 0.15) is 21.6 Å². The van der Waals surface area contributed by atoms with Gasteiger partial charge in [-0.1, -0.05) is 0 Å². The van der Waals surface area contributed by atoms with Gasteiger partial charge in [0.15, 0.2) is 0 Å². The summed E-state index contributed by atoms with van der Waals surface area (Å²) < 4.78 is 0. The first-order valence-corrected chi connectivity index (χ1v) is 6.09. The van der Waals surface area contributed by atoms with E-state index in [-0.39, 0.29) is 17.1 Å². The Labute approximate surface area is 124 Å². The first-order chi connectivity index (χ1) is 10.4. The minimum atomic E-state index is -1.28. The van der Waals surface area contributed by atoms with Gasteiger partial charge in [0.25, 0.3) is 0 Å². The third-order valence-electron chi connectivity index (χ3n) is 2.90. The Morgan fingerprint density at radius 2 is 2.05 bits per heavy atom. The number of aromatic carboxylic acids is 1. The molecule has 0 saturated carbocycles. The van der Waals surface area contributed by atoms with Crippen molar-refractivity contribution >= 4 is 23.2 Å². The third-order valence-corrected chi connectivity index (χ3v) is 2.90. The lowest BCUT2D eigenvalue weighted by atomic mass is 10.2. The molecule has 2 aromatic rings. The highest BCUT2D eigenvalue weighted by Gasteiger charge is 2.21. The summed E-state index contributed by atoms with van der Waals surface area (Å²) >= 11 is 0. The van der Waals surface area contributed by atoms with Gasteiger partial charge < -0.3 is 10.4 Å². The summed E-state index contributed by atoms with van der Waals surface area (Å²) in [6.07, 6.45) is 0. The van der Waals surface area contributed by atoms with Crippen molar-refractivity contribution in [3.63, 3.8) is 0 Å². The molecule has 0 aliphatic rings. The highest BCUT2D eigenvalue weighted by molar-refractivity contribution is 5.90. The maximum atomic E-state index is 11.1. The number of hydrogen-bond donors (Lipinski definition) is 2. The fraction of sp³-hybridized carbons (Fsp3) is 0.0714. The summed E-state index contributed by atoms with van der Waals surface area (Å²) in [5.41, 5.74) is 0.446. The molecule has 0 amide bonds. The van der Waals surface area contributed by atoms with E-state index in [1.807, 2.05) is 6.07 Å². The van der Waals surface area contributed by atoms with Crippen LogP contribution in [0, 0.1) is 28.4 Å². The summed E-state index contributed by atoms with van der Waals surface area (Å²) in [7, 11) is 0. The van der Waals surface area contributed by atoms with Crippen LogP contribution in [0.15, 0.2) is 30.3 Å². The molecule has 1 heterocycles. The standard InChI is InChI=1S/C14H10N4O4/c1-8-11(14(19)20)6-12(18(21)22)13(16-8)17-10-4-2-9(7-15)3-5-10/h2-6H,1H3,(H,16,17)(H,19,20). The van der Waals surface area contributed by atoms with Gasteiger partial charge in [0.05, 0.1) is 27.8 Å². The Kier molecular flexibility index (Phi) is 3.99. The van der Waals surface area contributed by atoms with E-state index in [9.17, 15) is 14.9 Å². The number of rotatable bonds is 4. The average molecular weight is 298 g/mol. The number of anilines is 2. The average Bonchev–Trinajstić information content (AvgIpc) is 2.47. The number of aryl methyl sites for hydroxylation is 1. The fourth-order valence-electron chi connectivity index (χ4n) is 1.81. The predicted molar refractivity (Wildman–Crippen MR) is 77.0 cm³/mol. The Hall–Kier alpha value is -3.47. The number of aromatic nitrogens is 1. The normalized spacial score (nSPS) is 9.82. The van der Waals surface area contributed by atoms with Crippen LogP contribution in [0.4, 0.5) is 17.2 Å². The van der Waals surface area contributed by atoms with Crippen LogP contribution in [0.3, 0.4) is 0 Å². The van der Waals surface area contributed by atoms with E-state index in [2.05, 4.69) is 10.3 Å². The zero-order valence-corrected chi connectivity index (χ0v) is 11.4. The van der Waals surface area contributed by atoms with Gasteiger partial charge in [-0.15, -0.1) is 0 Å². The molecule has 1 aromatic carbocycles. The van der Waals surface area contributed by atoms with Crippen LogP contribution in [-0.4, -0.2) is 21.0 Å². The highest BCUT2D eigenvalue weighted by atomic mass is 16.6. The number of nitrogens with zero attached hydrogens (tertiary/aromatic N) is 3. The molecule has 22 heavy (non-hydrogen) atoms. The molecule has 0 saturated heterocycles. The fourth-order valence-corrected chi connectivity index (χ4v) is 1.81. The summed E-state index contributed by atoms with van der Waals surface area (Å²) in [6.45, 7) is 1.46. The topological polar surface area (TPSA) is 129 Å². The SMILES string of the molecule is Cc1nc(Nc2ccc(C#N)cc2)c([N+](=O)[O-])cc1C(=O)O. The Bertz CT molecular complexity index is 794. The molecule has 0 bridgehead atoms. The molecule has 0 aliphatic carbocycles. The van der Waals surface area contributed by atoms with Crippen LogP contribution < -0.4 is 5.32 Å². The van der Waals surface area contributed by atoms with Crippen LogP contribution in [0.5, 0.6) is 0 Å². The Morgan fingerprint density at radius 1 is 1.41 bits per heavy atom. The molecule has 0 aliphatic heterocycles. The van der Waals surface area contributed by atoms with Gasteiger partial charge in [0.2, 0.25) is 5.82 Å². The second-order valence-electron chi connectivity index (χ2n) is 4.37. The first-order valence-electron chi connectivity index (χ1n) is 6.09. The smallest absolute Gasteiger partial charge is 0.337 e. The van der Waals surface area contributed by atoms with Crippen molar-refractivity contribution in [2.75, 3.05) is 5.32 Å². The van der Waals surface area contributed by atoms with E-state index >= 15 is 0 Å². The summed E-state index contributed by atoms with van der Waals surface area (Å²) in [5, 5.41) is 31.6. The van der Waals surface area contributed by atoms with E-state index in [0.717, 1.165) is 6.07 Å². The Balaban J connectivity index is 2.45. The molecule has 110 valence electrons. The number of carboxylic acids is 1. The van der Waals surface area contributed by atoms with E-state index in [1.165, 1.54) is 6.92 Å². The zero-order valence-electron chi connectivity index (χ0n) is 11.4. The number of benzene rings is 1. The second-order valence-corrected chi connectivity index (χ2v) is 4.37. The number of nitrogens with one attached hydrogen (secondary N) is 1. The number of carbonyl (C=O) groups is 1. The van der Waals surface area contributed by atoms with Gasteiger partial charge in [-0.25, -0.2) is 9.78 Å². The first kappa shape index (κ1) is 14.9. The van der Waals surface area contributed by atoms with Crippen molar-refractivity contribution in [2.45, 2.75) is 6.92 Å². The largest absolute Gasteiger partial charge is 0.478 e. The van der Waals surface area contributed by atoms with Crippen LogP contribution in [-0.2, 0) is 0 Å². The van der Waals surface area contributed by atoms with Crippen LogP contribution in [0.2, 0.25) is 0 Å². The lowest BCUT2D eigenvalue weighted by Gasteiger charge is -2.08. The van der Waals surface area contributed by atoms with Gasteiger partial charge >= 0.3 is 11.7 Å². The zero-order chi connectivity index (χ0) is 16.3. The van der Waals surface area contributed by atoms with Crippen molar-refractivity contribution in [3.05, 3.63) is 57.3 Å². The molecule has 1 aromatic heterocycles. The molecule has 2 rings (SSSR count). The lowest BCUT2D eigenvalue weighted by Crippen LogP contribution is -2.07. The number of nitriles is 1. The second kappa shape index (κ2) is 5.88. The summed E-state index contributed by atoms with van der Waals surface area (Å²) in [5.74, 6) is -1.34. The molecule has 0 fully saturated rings. The van der Waals surface area contributed by atoms with Crippen molar-refractivity contribution in [2.24, 2.45) is 0 Å². The minimum absolute atomic E-state index is 0.0581. The quantitative estimate of drug-likeness (QED) is 0.655. The van der Waals surface area contributed by atoms with Gasteiger partial charge in [0.1, 0.15) is 0 Å². The van der Waals surface area contributed by atoms with Crippen molar-refractivity contribution in [1.82, 2.24) is 4.98 Å². The van der Waals surface area contributed by atoms with Crippen LogP contribution in [0.25, 0.3) is 0 Å². The molecule has 0 atom stereocenters. The number of carboxylic acid groups (broad SMARTS) is 1. The van der Waals surface area contributed by atoms with Crippen molar-refractivity contribution < 1.29 is 14.8 Å². The predicted octanol–water partition coefficient (Wildman–Crippen LogP) is 2.61. The monoisotopic (exact) mass is 298 g/mol. The molecule has 8 heteroatoms. The van der Waals surface area contributed by atoms with E-state index in [1.54, 1.807) is 24.3 Å². The molecule has 0 radical (unpaired) electrons. The van der Waals surface area contributed by atoms with E-state index < -0.39 is 16.6 Å². The van der Waals surface area contributed by atoms with Gasteiger partial charge in [0, 0.05) is 11.8 Å². The molecule has 0 unspecified atom stereocenters. The lowest BCUT2D eigenvalue weighted by molar-refractivity contribution is -0.384. The summed E-state index contributed by atoms with van der Waals surface area (Å²) in [6, 6.07) is 9.17. The van der Waals surface area contributed by atoms with Crippen molar-refractivity contribution in [3.8, 4) is 6.07 Å². The summed E-state index contributed by atoms with van der Waals surface area (Å²) in [4.78, 5) is 25.4. The molecular weight excluding hydrogens is 288 g/mol. The van der Waals surface area contributed by atoms with Gasteiger partial charge in [-0.05, 0) is 31.2 Å². The number of hydrogen-bond acceptors (Lipinski definition) is 6. The molecular formula is C14H10N4O4. The molecule has 0 spiro atoms. The van der Waals surface area contributed by atoms with Gasteiger partial charge in [-0.2, -0.15) is 5.26 Å². The van der Waals surface area contributed by atoms with Crippen molar-refractivity contribution in [1.29, 1.82) is 5.26 Å². The van der Waals surface area contributed by atoms with Gasteiger partial charge in [-0.3, -0.25) is 10.1 Å². The highest BCUT2D eigenvalue weighted by Crippen LogP contribution is 2.28. The van der Waals surface area contributed by atoms with E-state index in [0.29, 0.717) is 11.3 Å². The maximum Gasteiger partial charge on any atom is 0.337 e. The Morgan fingerprint density at radius 3 is 2.55 bits per heavy atom.